The zero-order chi connectivity index (χ0) is 25.3. The lowest BCUT2D eigenvalue weighted by Gasteiger charge is -2.51. The van der Waals surface area contributed by atoms with Crippen molar-refractivity contribution in [2.75, 3.05) is 20.2 Å². The Kier molecular flexibility index (Phi) is 6.97. The van der Waals surface area contributed by atoms with Gasteiger partial charge in [-0.1, -0.05) is 30.3 Å². The molecule has 1 unspecified atom stereocenters. The van der Waals surface area contributed by atoms with Crippen LogP contribution in [0.1, 0.15) is 49.3 Å². The molecule has 3 aromatic rings. The van der Waals surface area contributed by atoms with Gasteiger partial charge >= 0.3 is 5.97 Å². The molecule has 1 aliphatic heterocycles. The SMILES string of the molecule is COc1ccc2nccc(C(O)CC[C@@H]3CCN(C4CC(O)(c5ccccc5)C4)C[C@@H]3C(=O)O)c2c1. The number of fused-ring (bicyclic) bond motifs is 1. The first-order valence-corrected chi connectivity index (χ1v) is 12.7. The molecular formula is C29H34N2O5. The van der Waals surface area contributed by atoms with E-state index in [0.717, 1.165) is 35.0 Å². The third-order valence-electron chi connectivity index (χ3n) is 8.23. The molecular weight excluding hydrogens is 456 g/mol. The number of piperidine rings is 1. The molecule has 1 aromatic heterocycles. The van der Waals surface area contributed by atoms with Gasteiger partial charge in [0.1, 0.15) is 5.75 Å². The standard InChI is InChI=1S/C29H34N2O5/c1-36-22-8-9-26-24(15-22)23(11-13-30-26)27(32)10-7-19-12-14-31(18-25(19)28(33)34)21-16-29(35,17-21)20-5-3-2-4-6-20/h2-6,8-9,11,13,15,19,21,25,27,32,35H,7,10,12,14,16-18H2,1H3,(H,33,34)/t19-,21?,25+,27?,29?/m1/s1. The van der Waals surface area contributed by atoms with Gasteiger partial charge in [-0.15, -0.1) is 0 Å². The molecule has 0 amide bonds. The summed E-state index contributed by atoms with van der Waals surface area (Å²) < 4.78 is 5.34. The number of carboxylic acids is 1. The van der Waals surface area contributed by atoms with Crippen molar-refractivity contribution in [3.05, 3.63) is 71.9 Å². The fourth-order valence-electron chi connectivity index (χ4n) is 6.04. The van der Waals surface area contributed by atoms with Crippen LogP contribution in [-0.4, -0.2) is 57.4 Å². The molecule has 3 N–H and O–H groups in total. The molecule has 1 saturated heterocycles. The Bertz CT molecular complexity index is 1210. The first-order chi connectivity index (χ1) is 17.4. The average molecular weight is 491 g/mol. The fraction of sp³-hybridized carbons (Fsp3) is 0.448. The summed E-state index contributed by atoms with van der Waals surface area (Å²) in [5.74, 6) is -0.553. The molecule has 2 heterocycles. The van der Waals surface area contributed by atoms with Gasteiger partial charge < -0.3 is 20.1 Å². The van der Waals surface area contributed by atoms with E-state index < -0.39 is 23.6 Å². The van der Waals surface area contributed by atoms with E-state index in [1.54, 1.807) is 13.3 Å². The number of carboxylic acid groups (broad SMARTS) is 1. The first-order valence-electron chi connectivity index (χ1n) is 12.7. The molecule has 190 valence electrons. The minimum absolute atomic E-state index is 0.00382. The Labute approximate surface area is 211 Å². The van der Waals surface area contributed by atoms with Crippen molar-refractivity contribution in [3.8, 4) is 5.75 Å². The number of hydrogen-bond acceptors (Lipinski definition) is 6. The van der Waals surface area contributed by atoms with Crippen LogP contribution in [0, 0.1) is 11.8 Å². The number of aromatic nitrogens is 1. The number of nitrogens with zero attached hydrogens (tertiary/aromatic N) is 2. The summed E-state index contributed by atoms with van der Waals surface area (Å²) in [7, 11) is 1.61. The molecule has 3 atom stereocenters. The number of aliphatic carboxylic acids is 1. The minimum Gasteiger partial charge on any atom is -0.497 e. The maximum atomic E-state index is 12.2. The summed E-state index contributed by atoms with van der Waals surface area (Å²) in [6.07, 6.45) is 4.15. The quantitative estimate of drug-likeness (QED) is 0.436. The van der Waals surface area contributed by atoms with Gasteiger partial charge in [0.2, 0.25) is 0 Å². The smallest absolute Gasteiger partial charge is 0.308 e. The molecule has 7 nitrogen and oxygen atoms in total. The number of aliphatic hydroxyl groups is 2. The molecule has 5 rings (SSSR count). The largest absolute Gasteiger partial charge is 0.497 e. The van der Waals surface area contributed by atoms with E-state index in [2.05, 4.69) is 9.88 Å². The lowest BCUT2D eigenvalue weighted by molar-refractivity contribution is -0.150. The van der Waals surface area contributed by atoms with E-state index in [-0.39, 0.29) is 12.0 Å². The van der Waals surface area contributed by atoms with Crippen molar-refractivity contribution >= 4 is 16.9 Å². The van der Waals surface area contributed by atoms with Gasteiger partial charge in [-0.2, -0.15) is 0 Å². The summed E-state index contributed by atoms with van der Waals surface area (Å²) in [5, 5.41) is 32.9. The number of rotatable bonds is 8. The second-order valence-corrected chi connectivity index (χ2v) is 10.3. The van der Waals surface area contributed by atoms with Crippen LogP contribution in [0.5, 0.6) is 5.75 Å². The summed E-state index contributed by atoms with van der Waals surface area (Å²) in [5.41, 5.74) is 1.70. The Balaban J connectivity index is 1.21. The molecule has 7 heteroatoms. The molecule has 2 fully saturated rings. The predicted molar refractivity (Wildman–Crippen MR) is 137 cm³/mol. The summed E-state index contributed by atoms with van der Waals surface area (Å²) in [6.45, 7) is 1.30. The first kappa shape index (κ1) is 24.7. The number of methoxy groups -OCH3 is 1. The lowest BCUT2D eigenvalue weighted by atomic mass is 9.69. The number of pyridine rings is 1. The highest BCUT2D eigenvalue weighted by Gasteiger charge is 2.48. The second-order valence-electron chi connectivity index (χ2n) is 10.3. The van der Waals surface area contributed by atoms with Gasteiger partial charge in [-0.3, -0.25) is 14.7 Å². The third-order valence-corrected chi connectivity index (χ3v) is 8.23. The van der Waals surface area contributed by atoms with Crippen LogP contribution in [0.4, 0.5) is 0 Å². The van der Waals surface area contributed by atoms with Crippen LogP contribution in [0.15, 0.2) is 60.8 Å². The number of benzene rings is 2. The maximum absolute atomic E-state index is 12.2. The predicted octanol–water partition coefficient (Wildman–Crippen LogP) is 4.13. The van der Waals surface area contributed by atoms with Crippen molar-refractivity contribution in [2.24, 2.45) is 11.8 Å². The van der Waals surface area contributed by atoms with E-state index in [9.17, 15) is 20.1 Å². The number of ether oxygens (including phenoxy) is 1. The monoisotopic (exact) mass is 490 g/mol. The van der Waals surface area contributed by atoms with E-state index >= 15 is 0 Å². The van der Waals surface area contributed by atoms with Crippen molar-refractivity contribution in [1.29, 1.82) is 0 Å². The molecule has 0 spiro atoms. The summed E-state index contributed by atoms with van der Waals surface area (Å²) >= 11 is 0. The summed E-state index contributed by atoms with van der Waals surface area (Å²) in [4.78, 5) is 18.8. The molecule has 36 heavy (non-hydrogen) atoms. The van der Waals surface area contributed by atoms with Gasteiger partial charge in [-0.25, -0.2) is 0 Å². The molecule has 1 aliphatic carbocycles. The van der Waals surface area contributed by atoms with E-state index in [1.165, 1.54) is 0 Å². The van der Waals surface area contributed by atoms with Gasteiger partial charge in [0.15, 0.2) is 0 Å². The van der Waals surface area contributed by atoms with Crippen LogP contribution in [0.2, 0.25) is 0 Å². The van der Waals surface area contributed by atoms with E-state index in [0.29, 0.717) is 38.0 Å². The molecule has 0 radical (unpaired) electrons. The highest BCUT2D eigenvalue weighted by molar-refractivity contribution is 5.83. The number of carbonyl (C=O) groups is 1. The van der Waals surface area contributed by atoms with Crippen LogP contribution < -0.4 is 4.74 Å². The summed E-state index contributed by atoms with van der Waals surface area (Å²) in [6, 6.07) is 17.4. The average Bonchev–Trinajstić information content (AvgIpc) is 2.89. The lowest BCUT2D eigenvalue weighted by Crippen LogP contribution is -2.57. The number of likely N-dealkylation sites (tertiary alicyclic amines) is 1. The minimum atomic E-state index is -0.818. The van der Waals surface area contributed by atoms with Crippen molar-refractivity contribution in [2.45, 2.75) is 49.9 Å². The Morgan fingerprint density at radius 3 is 2.69 bits per heavy atom. The Morgan fingerprint density at radius 1 is 1.19 bits per heavy atom. The van der Waals surface area contributed by atoms with Crippen LogP contribution in [-0.2, 0) is 10.4 Å². The Morgan fingerprint density at radius 2 is 1.97 bits per heavy atom. The molecule has 2 aliphatic rings. The molecule has 0 bridgehead atoms. The fourth-order valence-corrected chi connectivity index (χ4v) is 6.04. The van der Waals surface area contributed by atoms with Crippen LogP contribution >= 0.6 is 0 Å². The second kappa shape index (κ2) is 10.2. The third kappa shape index (κ3) is 4.83. The van der Waals surface area contributed by atoms with Gasteiger partial charge in [-0.05, 0) is 80.0 Å². The molecule has 2 aromatic carbocycles. The zero-order valence-corrected chi connectivity index (χ0v) is 20.6. The van der Waals surface area contributed by atoms with Gasteiger partial charge in [0.25, 0.3) is 0 Å². The van der Waals surface area contributed by atoms with Crippen LogP contribution in [0.25, 0.3) is 10.9 Å². The van der Waals surface area contributed by atoms with Crippen molar-refractivity contribution in [3.63, 3.8) is 0 Å². The normalized spacial score (nSPS) is 27.4. The number of aliphatic hydroxyl groups excluding tert-OH is 1. The van der Waals surface area contributed by atoms with E-state index in [1.807, 2.05) is 54.6 Å². The van der Waals surface area contributed by atoms with Crippen LogP contribution in [0.3, 0.4) is 0 Å². The van der Waals surface area contributed by atoms with E-state index in [4.69, 9.17) is 4.74 Å². The van der Waals surface area contributed by atoms with Gasteiger partial charge in [0, 0.05) is 24.2 Å². The molecule has 1 saturated carbocycles. The van der Waals surface area contributed by atoms with Crippen molar-refractivity contribution < 1.29 is 24.9 Å². The highest BCUT2D eigenvalue weighted by atomic mass is 16.5. The highest BCUT2D eigenvalue weighted by Crippen LogP contribution is 2.45. The zero-order valence-electron chi connectivity index (χ0n) is 20.6. The maximum Gasteiger partial charge on any atom is 0.308 e. The Hall–Kier alpha value is -3.00. The topological polar surface area (TPSA) is 103 Å². The number of hydrogen-bond donors (Lipinski definition) is 3. The van der Waals surface area contributed by atoms with Gasteiger partial charge in [0.05, 0.1) is 30.2 Å². The van der Waals surface area contributed by atoms with Crippen molar-refractivity contribution in [1.82, 2.24) is 9.88 Å².